The number of amides is 1. The van der Waals surface area contributed by atoms with Gasteiger partial charge < -0.3 is 4.90 Å². The van der Waals surface area contributed by atoms with E-state index in [0.29, 0.717) is 29.7 Å². The highest BCUT2D eigenvalue weighted by atomic mass is 16.2. The molecule has 0 radical (unpaired) electrons. The SMILES string of the molecule is CC(C)C1=CC2=CC[C@@H]3[C@](C)(CCC[C@@]3(C)C(=O)N(C)C3CCCCC3)[C@H]2CC1. The van der Waals surface area contributed by atoms with Crippen molar-refractivity contribution in [2.24, 2.45) is 28.6 Å². The molecular weight excluding hydrogens is 354 g/mol. The number of rotatable bonds is 3. The van der Waals surface area contributed by atoms with Crippen LogP contribution in [-0.4, -0.2) is 23.9 Å². The summed E-state index contributed by atoms with van der Waals surface area (Å²) in [6, 6.07) is 0.474. The van der Waals surface area contributed by atoms with Crippen LogP contribution in [-0.2, 0) is 4.79 Å². The second-order valence-corrected chi connectivity index (χ2v) is 11.4. The highest BCUT2D eigenvalue weighted by Crippen LogP contribution is 2.62. The van der Waals surface area contributed by atoms with Crippen LogP contribution < -0.4 is 0 Å². The van der Waals surface area contributed by atoms with E-state index < -0.39 is 0 Å². The summed E-state index contributed by atoms with van der Waals surface area (Å²) in [7, 11) is 2.11. The molecule has 4 aliphatic carbocycles. The average Bonchev–Trinajstić information content (AvgIpc) is 2.72. The first-order chi connectivity index (χ1) is 13.8. The van der Waals surface area contributed by atoms with Gasteiger partial charge in [0, 0.05) is 13.1 Å². The number of hydrogen-bond acceptors (Lipinski definition) is 1. The van der Waals surface area contributed by atoms with Crippen LogP contribution in [0.3, 0.4) is 0 Å². The molecule has 4 aliphatic rings. The van der Waals surface area contributed by atoms with Gasteiger partial charge in [0.25, 0.3) is 0 Å². The molecule has 2 nitrogen and oxygen atoms in total. The van der Waals surface area contributed by atoms with Crippen molar-refractivity contribution in [1.29, 1.82) is 0 Å². The van der Waals surface area contributed by atoms with Crippen molar-refractivity contribution < 1.29 is 4.79 Å². The number of carbonyl (C=O) groups is 1. The van der Waals surface area contributed by atoms with Gasteiger partial charge in [-0.25, -0.2) is 0 Å². The first-order valence-corrected chi connectivity index (χ1v) is 12.4. The van der Waals surface area contributed by atoms with Gasteiger partial charge in [-0.1, -0.05) is 71.1 Å². The fourth-order valence-corrected chi connectivity index (χ4v) is 7.64. The Morgan fingerprint density at radius 1 is 1.07 bits per heavy atom. The zero-order valence-corrected chi connectivity index (χ0v) is 19.6. The third-order valence-electron chi connectivity index (χ3n) is 9.51. The summed E-state index contributed by atoms with van der Waals surface area (Å²) >= 11 is 0. The zero-order chi connectivity index (χ0) is 20.8. The third kappa shape index (κ3) is 3.53. The van der Waals surface area contributed by atoms with Gasteiger partial charge in [0.05, 0.1) is 5.41 Å². The van der Waals surface area contributed by atoms with Crippen LogP contribution in [0.4, 0.5) is 0 Å². The van der Waals surface area contributed by atoms with Crippen molar-refractivity contribution in [3.63, 3.8) is 0 Å². The Labute approximate surface area is 179 Å². The third-order valence-corrected chi connectivity index (χ3v) is 9.51. The maximum atomic E-state index is 13.9. The van der Waals surface area contributed by atoms with Gasteiger partial charge in [-0.3, -0.25) is 4.79 Å². The molecular formula is C27H43NO. The molecule has 0 aliphatic heterocycles. The lowest BCUT2D eigenvalue weighted by Crippen LogP contribution is -2.57. The molecule has 0 aromatic heterocycles. The van der Waals surface area contributed by atoms with Crippen LogP contribution in [0.5, 0.6) is 0 Å². The first kappa shape index (κ1) is 21.2. The fourth-order valence-electron chi connectivity index (χ4n) is 7.64. The topological polar surface area (TPSA) is 20.3 Å². The van der Waals surface area contributed by atoms with Gasteiger partial charge in [0.2, 0.25) is 5.91 Å². The van der Waals surface area contributed by atoms with Crippen molar-refractivity contribution in [2.45, 2.75) is 104 Å². The fraction of sp³-hybridized carbons (Fsp3) is 0.815. The molecule has 4 rings (SSSR count). The second kappa shape index (κ2) is 7.89. The van der Waals surface area contributed by atoms with Gasteiger partial charge in [0.1, 0.15) is 0 Å². The molecule has 0 heterocycles. The lowest BCUT2D eigenvalue weighted by atomic mass is 9.46. The zero-order valence-electron chi connectivity index (χ0n) is 19.6. The predicted molar refractivity (Wildman–Crippen MR) is 122 cm³/mol. The van der Waals surface area contributed by atoms with E-state index in [1.54, 1.807) is 11.1 Å². The van der Waals surface area contributed by atoms with E-state index in [0.717, 1.165) is 12.8 Å². The van der Waals surface area contributed by atoms with E-state index >= 15 is 0 Å². The summed E-state index contributed by atoms with van der Waals surface area (Å²) in [6.45, 7) is 9.53. The van der Waals surface area contributed by atoms with E-state index in [9.17, 15) is 4.79 Å². The van der Waals surface area contributed by atoms with Gasteiger partial charge in [-0.2, -0.15) is 0 Å². The van der Waals surface area contributed by atoms with Crippen LogP contribution in [0.1, 0.15) is 98.3 Å². The van der Waals surface area contributed by atoms with Crippen molar-refractivity contribution in [2.75, 3.05) is 7.05 Å². The Hall–Kier alpha value is -1.05. The number of hydrogen-bond donors (Lipinski definition) is 0. The minimum atomic E-state index is -0.191. The van der Waals surface area contributed by atoms with Crippen LogP contribution in [0.15, 0.2) is 23.3 Å². The molecule has 2 heteroatoms. The largest absolute Gasteiger partial charge is 0.342 e. The summed E-state index contributed by atoms with van der Waals surface area (Å²) in [5.74, 6) is 2.25. The summed E-state index contributed by atoms with van der Waals surface area (Å²) in [6.07, 6.45) is 18.6. The number of fused-ring (bicyclic) bond motifs is 3. The number of nitrogens with zero attached hydrogens (tertiary/aromatic N) is 1. The van der Waals surface area contributed by atoms with Crippen LogP contribution in [0.2, 0.25) is 0 Å². The van der Waals surface area contributed by atoms with Crippen molar-refractivity contribution >= 4 is 5.91 Å². The Balaban J connectivity index is 1.62. The second-order valence-electron chi connectivity index (χ2n) is 11.4. The lowest BCUT2D eigenvalue weighted by molar-refractivity contribution is -0.157. The Morgan fingerprint density at radius 3 is 2.48 bits per heavy atom. The molecule has 1 amide bonds. The predicted octanol–water partition coefficient (Wildman–Crippen LogP) is 6.91. The summed E-state index contributed by atoms with van der Waals surface area (Å²) in [5, 5.41) is 0. The van der Waals surface area contributed by atoms with Gasteiger partial charge in [0.15, 0.2) is 0 Å². The van der Waals surface area contributed by atoms with E-state index in [1.165, 1.54) is 57.8 Å². The Kier molecular flexibility index (Phi) is 5.77. The van der Waals surface area contributed by atoms with E-state index in [1.807, 2.05) is 0 Å². The van der Waals surface area contributed by atoms with E-state index in [-0.39, 0.29) is 10.8 Å². The summed E-state index contributed by atoms with van der Waals surface area (Å²) in [4.78, 5) is 16.1. The molecule has 2 saturated carbocycles. The summed E-state index contributed by atoms with van der Waals surface area (Å²) < 4.78 is 0. The highest BCUT2D eigenvalue weighted by Gasteiger charge is 2.57. The molecule has 0 saturated heterocycles. The maximum absolute atomic E-state index is 13.9. The molecule has 0 N–H and O–H groups in total. The monoisotopic (exact) mass is 397 g/mol. The molecule has 0 aromatic rings. The lowest BCUT2D eigenvalue weighted by Gasteiger charge is -2.58. The molecule has 0 aromatic carbocycles. The molecule has 29 heavy (non-hydrogen) atoms. The van der Waals surface area contributed by atoms with Crippen LogP contribution >= 0.6 is 0 Å². The van der Waals surface area contributed by atoms with Crippen LogP contribution in [0.25, 0.3) is 0 Å². The quantitative estimate of drug-likeness (QED) is 0.506. The molecule has 0 spiro atoms. The van der Waals surface area contributed by atoms with Crippen molar-refractivity contribution in [3.8, 4) is 0 Å². The normalized spacial score (nSPS) is 38.0. The van der Waals surface area contributed by atoms with Gasteiger partial charge >= 0.3 is 0 Å². The van der Waals surface area contributed by atoms with Crippen LogP contribution in [0, 0.1) is 28.6 Å². The van der Waals surface area contributed by atoms with E-state index in [4.69, 9.17) is 0 Å². The maximum Gasteiger partial charge on any atom is 0.228 e. The average molecular weight is 398 g/mol. The molecule has 162 valence electrons. The molecule has 4 atom stereocenters. The number of carbonyl (C=O) groups excluding carboxylic acids is 1. The smallest absolute Gasteiger partial charge is 0.228 e. The standard InChI is InChI=1S/C27H43NO/c1-19(2)20-12-14-23-21(18-20)13-15-24-26(23,3)16-9-17-27(24,4)25(29)28(5)22-10-7-6-8-11-22/h13,18-19,22-24H,6-12,14-17H2,1-5H3/t23-,24+,26+,27+/m0/s1. The molecule has 0 bridgehead atoms. The van der Waals surface area contributed by atoms with Crippen molar-refractivity contribution in [1.82, 2.24) is 4.90 Å². The minimum absolute atomic E-state index is 0.191. The van der Waals surface area contributed by atoms with Gasteiger partial charge in [-0.15, -0.1) is 0 Å². The molecule has 2 fully saturated rings. The highest BCUT2D eigenvalue weighted by molar-refractivity contribution is 5.83. The minimum Gasteiger partial charge on any atom is -0.342 e. The Morgan fingerprint density at radius 2 is 1.79 bits per heavy atom. The van der Waals surface area contributed by atoms with Gasteiger partial charge in [-0.05, 0) is 73.7 Å². The summed E-state index contributed by atoms with van der Waals surface area (Å²) in [5.41, 5.74) is 3.31. The molecule has 0 unspecified atom stereocenters. The first-order valence-electron chi connectivity index (χ1n) is 12.4. The Bertz CT molecular complexity index is 697. The number of allylic oxidation sites excluding steroid dienone is 4. The van der Waals surface area contributed by atoms with E-state index in [2.05, 4.69) is 51.8 Å². The van der Waals surface area contributed by atoms with Crippen molar-refractivity contribution in [3.05, 3.63) is 23.3 Å².